The second kappa shape index (κ2) is 4.76. The molecule has 20 heavy (non-hydrogen) atoms. The molecule has 5 nitrogen and oxygen atoms in total. The molecule has 1 saturated heterocycles. The standard InChI is InChI=1S/C15H17N3O2/c1-11-4-2-3-5-12(11)15(20)6-7-18(9-15)14(19)13-8-16-10-17-13/h2-5,8,10,20H,6-7,9H2,1H3,(H,16,17). The number of aromatic nitrogens is 2. The first-order chi connectivity index (χ1) is 9.60. The van der Waals surface area contributed by atoms with Crippen molar-refractivity contribution in [2.45, 2.75) is 18.9 Å². The van der Waals surface area contributed by atoms with E-state index in [-0.39, 0.29) is 5.91 Å². The van der Waals surface area contributed by atoms with Crippen molar-refractivity contribution in [1.82, 2.24) is 14.9 Å². The van der Waals surface area contributed by atoms with E-state index >= 15 is 0 Å². The predicted octanol–water partition coefficient (Wildman–Crippen LogP) is 1.45. The van der Waals surface area contributed by atoms with Crippen molar-refractivity contribution in [3.8, 4) is 0 Å². The Balaban J connectivity index is 1.83. The molecule has 1 amide bonds. The lowest BCUT2D eigenvalue weighted by Crippen LogP contribution is -2.35. The van der Waals surface area contributed by atoms with Crippen LogP contribution in [0.4, 0.5) is 0 Å². The van der Waals surface area contributed by atoms with E-state index in [1.165, 1.54) is 12.5 Å². The number of nitrogens with zero attached hydrogens (tertiary/aromatic N) is 2. The average molecular weight is 271 g/mol. The van der Waals surface area contributed by atoms with Gasteiger partial charge < -0.3 is 15.0 Å². The number of aliphatic hydroxyl groups is 1. The fraction of sp³-hybridized carbons (Fsp3) is 0.333. The van der Waals surface area contributed by atoms with E-state index in [0.29, 0.717) is 25.2 Å². The lowest BCUT2D eigenvalue weighted by molar-refractivity contribution is 0.0411. The molecule has 2 heterocycles. The number of imidazole rings is 1. The molecule has 5 heteroatoms. The molecule has 1 atom stereocenters. The van der Waals surface area contributed by atoms with Crippen molar-refractivity contribution >= 4 is 5.91 Å². The zero-order valence-electron chi connectivity index (χ0n) is 11.3. The third kappa shape index (κ3) is 2.10. The minimum atomic E-state index is -0.957. The first-order valence-corrected chi connectivity index (χ1v) is 6.66. The van der Waals surface area contributed by atoms with Gasteiger partial charge in [-0.2, -0.15) is 0 Å². The molecule has 1 aliphatic rings. The van der Waals surface area contributed by atoms with Crippen molar-refractivity contribution < 1.29 is 9.90 Å². The quantitative estimate of drug-likeness (QED) is 0.868. The minimum absolute atomic E-state index is 0.119. The molecule has 1 unspecified atom stereocenters. The van der Waals surface area contributed by atoms with Crippen LogP contribution >= 0.6 is 0 Å². The molecule has 1 aliphatic heterocycles. The van der Waals surface area contributed by atoms with E-state index in [1.807, 2.05) is 31.2 Å². The predicted molar refractivity (Wildman–Crippen MR) is 74.2 cm³/mol. The molecule has 0 saturated carbocycles. The summed E-state index contributed by atoms with van der Waals surface area (Å²) in [6.45, 7) is 2.84. The van der Waals surface area contributed by atoms with Crippen LogP contribution in [0.15, 0.2) is 36.8 Å². The maximum atomic E-state index is 12.3. The van der Waals surface area contributed by atoms with E-state index in [9.17, 15) is 9.90 Å². The van der Waals surface area contributed by atoms with Crippen LogP contribution in [0.3, 0.4) is 0 Å². The highest BCUT2D eigenvalue weighted by molar-refractivity contribution is 5.92. The topological polar surface area (TPSA) is 69.2 Å². The number of amides is 1. The summed E-state index contributed by atoms with van der Waals surface area (Å²) in [5.41, 5.74) is 1.45. The number of hydrogen-bond acceptors (Lipinski definition) is 3. The van der Waals surface area contributed by atoms with Crippen LogP contribution in [-0.4, -0.2) is 39.0 Å². The Kier molecular flexibility index (Phi) is 3.06. The van der Waals surface area contributed by atoms with E-state index in [4.69, 9.17) is 0 Å². The molecule has 3 rings (SSSR count). The Morgan fingerprint density at radius 3 is 2.95 bits per heavy atom. The highest BCUT2D eigenvalue weighted by Gasteiger charge is 2.40. The van der Waals surface area contributed by atoms with Gasteiger partial charge >= 0.3 is 0 Å². The maximum Gasteiger partial charge on any atom is 0.272 e. The molecule has 0 aliphatic carbocycles. The Morgan fingerprint density at radius 1 is 1.45 bits per heavy atom. The fourth-order valence-electron chi connectivity index (χ4n) is 2.83. The molecule has 0 spiro atoms. The zero-order chi connectivity index (χ0) is 14.2. The number of β-amino-alcohol motifs (C(OH)–C–C–N with tert-alkyl or cyclic N) is 1. The largest absolute Gasteiger partial charge is 0.383 e. The van der Waals surface area contributed by atoms with Gasteiger partial charge in [0.2, 0.25) is 0 Å². The van der Waals surface area contributed by atoms with Gasteiger partial charge in [-0.15, -0.1) is 0 Å². The van der Waals surface area contributed by atoms with E-state index in [2.05, 4.69) is 9.97 Å². The molecule has 0 radical (unpaired) electrons. The summed E-state index contributed by atoms with van der Waals surface area (Å²) >= 11 is 0. The number of rotatable bonds is 2. The average Bonchev–Trinajstić information content (AvgIpc) is 3.08. The van der Waals surface area contributed by atoms with E-state index < -0.39 is 5.60 Å². The summed E-state index contributed by atoms with van der Waals surface area (Å²) in [6.07, 6.45) is 3.54. The second-order valence-electron chi connectivity index (χ2n) is 5.29. The van der Waals surface area contributed by atoms with Gasteiger partial charge in [0.05, 0.1) is 19.1 Å². The van der Waals surface area contributed by atoms with Crippen molar-refractivity contribution in [2.24, 2.45) is 0 Å². The van der Waals surface area contributed by atoms with Gasteiger partial charge in [-0.25, -0.2) is 4.98 Å². The van der Waals surface area contributed by atoms with Crippen LogP contribution in [-0.2, 0) is 5.60 Å². The molecule has 1 aromatic carbocycles. The SMILES string of the molecule is Cc1ccccc1C1(O)CCN(C(=O)c2cnc[nH]2)C1. The van der Waals surface area contributed by atoms with Crippen LogP contribution in [0.5, 0.6) is 0 Å². The van der Waals surface area contributed by atoms with Crippen LogP contribution in [0, 0.1) is 6.92 Å². The number of benzene rings is 1. The molecular weight excluding hydrogens is 254 g/mol. The number of likely N-dealkylation sites (tertiary alicyclic amines) is 1. The van der Waals surface area contributed by atoms with Crippen LogP contribution in [0.1, 0.15) is 28.0 Å². The minimum Gasteiger partial charge on any atom is -0.383 e. The normalized spacial score (nSPS) is 22.2. The highest BCUT2D eigenvalue weighted by atomic mass is 16.3. The molecule has 104 valence electrons. The number of carbonyl (C=O) groups excluding carboxylic acids is 1. The molecule has 2 aromatic rings. The number of hydrogen-bond donors (Lipinski definition) is 2. The monoisotopic (exact) mass is 271 g/mol. The number of carbonyl (C=O) groups is 1. The number of H-pyrrole nitrogens is 1. The van der Waals surface area contributed by atoms with Gasteiger partial charge in [-0.3, -0.25) is 4.79 Å². The molecule has 1 fully saturated rings. The fourth-order valence-corrected chi connectivity index (χ4v) is 2.83. The summed E-state index contributed by atoms with van der Waals surface area (Å²) in [6, 6.07) is 7.77. The van der Waals surface area contributed by atoms with Crippen molar-refractivity contribution in [1.29, 1.82) is 0 Å². The van der Waals surface area contributed by atoms with Crippen LogP contribution in [0.25, 0.3) is 0 Å². The maximum absolute atomic E-state index is 12.3. The van der Waals surface area contributed by atoms with Gasteiger partial charge in [0.25, 0.3) is 5.91 Å². The molecular formula is C15H17N3O2. The number of aryl methyl sites for hydroxylation is 1. The Hall–Kier alpha value is -2.14. The Labute approximate surface area is 117 Å². The number of nitrogens with one attached hydrogen (secondary N) is 1. The summed E-state index contributed by atoms with van der Waals surface area (Å²) in [5.74, 6) is -0.119. The first kappa shape index (κ1) is 12.9. The lowest BCUT2D eigenvalue weighted by atomic mass is 9.89. The summed E-state index contributed by atoms with van der Waals surface area (Å²) < 4.78 is 0. The summed E-state index contributed by atoms with van der Waals surface area (Å²) in [7, 11) is 0. The zero-order valence-corrected chi connectivity index (χ0v) is 11.3. The van der Waals surface area contributed by atoms with E-state index in [0.717, 1.165) is 11.1 Å². The van der Waals surface area contributed by atoms with Crippen LogP contribution in [0.2, 0.25) is 0 Å². The molecule has 2 N–H and O–H groups in total. The first-order valence-electron chi connectivity index (χ1n) is 6.66. The smallest absolute Gasteiger partial charge is 0.272 e. The third-order valence-electron chi connectivity index (χ3n) is 3.91. The van der Waals surface area contributed by atoms with Gasteiger partial charge in [0.15, 0.2) is 0 Å². The van der Waals surface area contributed by atoms with Gasteiger partial charge in [-0.05, 0) is 24.5 Å². The Morgan fingerprint density at radius 2 is 2.25 bits per heavy atom. The van der Waals surface area contributed by atoms with E-state index in [1.54, 1.807) is 4.90 Å². The molecule has 0 bridgehead atoms. The van der Waals surface area contributed by atoms with Crippen molar-refractivity contribution in [3.05, 3.63) is 53.6 Å². The summed E-state index contributed by atoms with van der Waals surface area (Å²) in [4.78, 5) is 20.6. The Bertz CT molecular complexity index is 624. The molecule has 1 aromatic heterocycles. The second-order valence-corrected chi connectivity index (χ2v) is 5.29. The summed E-state index contributed by atoms with van der Waals surface area (Å²) in [5, 5.41) is 10.8. The lowest BCUT2D eigenvalue weighted by Gasteiger charge is -2.25. The van der Waals surface area contributed by atoms with Gasteiger partial charge in [-0.1, -0.05) is 24.3 Å². The van der Waals surface area contributed by atoms with Gasteiger partial charge in [0, 0.05) is 6.54 Å². The number of aromatic amines is 1. The van der Waals surface area contributed by atoms with Crippen LogP contribution < -0.4 is 0 Å². The van der Waals surface area contributed by atoms with Gasteiger partial charge in [0.1, 0.15) is 11.3 Å². The van der Waals surface area contributed by atoms with Crippen molar-refractivity contribution in [3.63, 3.8) is 0 Å². The third-order valence-corrected chi connectivity index (χ3v) is 3.91. The highest BCUT2D eigenvalue weighted by Crippen LogP contribution is 2.34. The van der Waals surface area contributed by atoms with Crippen molar-refractivity contribution in [2.75, 3.05) is 13.1 Å².